The van der Waals surface area contributed by atoms with Crippen molar-refractivity contribution in [3.63, 3.8) is 0 Å². The van der Waals surface area contributed by atoms with Crippen molar-refractivity contribution in [1.82, 2.24) is 5.32 Å². The summed E-state index contributed by atoms with van der Waals surface area (Å²) in [4.78, 5) is 22.0. The molecule has 0 aliphatic carbocycles. The Labute approximate surface area is 129 Å². The number of nitrogens with one attached hydrogen (secondary N) is 1. The molecule has 0 heterocycles. The summed E-state index contributed by atoms with van der Waals surface area (Å²) in [6.07, 6.45) is -4.94. The molecule has 2 N–H and O–H groups in total. The highest BCUT2D eigenvalue weighted by Gasteiger charge is 2.38. The van der Waals surface area contributed by atoms with Crippen LogP contribution < -0.4 is 5.32 Å². The first-order chi connectivity index (χ1) is 10.8. The van der Waals surface area contributed by atoms with Gasteiger partial charge < -0.3 is 10.4 Å². The van der Waals surface area contributed by atoms with Gasteiger partial charge >= 0.3 is 18.1 Å². The molecule has 0 atom stereocenters. The number of halogens is 3. The fourth-order valence-corrected chi connectivity index (χ4v) is 2.05. The van der Waals surface area contributed by atoms with Crippen LogP contribution in [0.5, 0.6) is 0 Å². The van der Waals surface area contributed by atoms with Crippen molar-refractivity contribution in [2.75, 3.05) is 0 Å². The van der Waals surface area contributed by atoms with Crippen molar-refractivity contribution in [2.24, 2.45) is 0 Å². The third-order valence-corrected chi connectivity index (χ3v) is 3.11. The molecule has 0 unspecified atom stereocenters. The molecule has 120 valence electrons. The monoisotopic (exact) mass is 323 g/mol. The maximum Gasteiger partial charge on any atom is 0.471 e. The number of amides is 1. The Hall–Kier alpha value is -2.83. The molecule has 7 heteroatoms. The van der Waals surface area contributed by atoms with Crippen molar-refractivity contribution >= 4 is 11.9 Å². The Bertz CT molecular complexity index is 741. The van der Waals surface area contributed by atoms with Crippen molar-refractivity contribution in [1.29, 1.82) is 0 Å². The largest absolute Gasteiger partial charge is 0.478 e. The molecule has 2 aromatic rings. The van der Waals surface area contributed by atoms with Crippen molar-refractivity contribution in [2.45, 2.75) is 12.7 Å². The number of aromatic carboxylic acids is 1. The quantitative estimate of drug-likeness (QED) is 0.908. The molecule has 2 aromatic carbocycles. The third kappa shape index (κ3) is 4.09. The second kappa shape index (κ2) is 6.51. The van der Waals surface area contributed by atoms with E-state index in [2.05, 4.69) is 0 Å². The molecule has 0 aromatic heterocycles. The summed E-state index contributed by atoms with van der Waals surface area (Å²) in [6.45, 7) is -0.304. The van der Waals surface area contributed by atoms with Crippen LogP contribution in [0.25, 0.3) is 11.1 Å². The smallest absolute Gasteiger partial charge is 0.471 e. The van der Waals surface area contributed by atoms with Crippen molar-refractivity contribution in [3.05, 3.63) is 59.7 Å². The van der Waals surface area contributed by atoms with Gasteiger partial charge in [0.05, 0.1) is 5.56 Å². The van der Waals surface area contributed by atoms with Crippen LogP contribution in [-0.2, 0) is 11.3 Å². The van der Waals surface area contributed by atoms with E-state index in [0.29, 0.717) is 16.7 Å². The molecule has 0 aliphatic heterocycles. The van der Waals surface area contributed by atoms with Gasteiger partial charge in [-0.2, -0.15) is 13.2 Å². The van der Waals surface area contributed by atoms with E-state index >= 15 is 0 Å². The van der Waals surface area contributed by atoms with Gasteiger partial charge in [-0.1, -0.05) is 36.4 Å². The number of rotatable bonds is 4. The molecule has 4 nitrogen and oxygen atoms in total. The molecule has 0 saturated heterocycles. The lowest BCUT2D eigenvalue weighted by Gasteiger charge is -2.10. The van der Waals surface area contributed by atoms with Crippen LogP contribution in [0.1, 0.15) is 15.9 Å². The average molecular weight is 323 g/mol. The van der Waals surface area contributed by atoms with Crippen molar-refractivity contribution < 1.29 is 27.9 Å². The first kappa shape index (κ1) is 16.5. The normalized spacial score (nSPS) is 11.1. The minimum atomic E-state index is -4.94. The summed E-state index contributed by atoms with van der Waals surface area (Å²) in [7, 11) is 0. The summed E-state index contributed by atoms with van der Waals surface area (Å²) in [5.74, 6) is -3.12. The van der Waals surface area contributed by atoms with Gasteiger partial charge in [-0.3, -0.25) is 4.79 Å². The molecule has 0 bridgehead atoms. The number of hydrogen-bond acceptors (Lipinski definition) is 2. The zero-order valence-corrected chi connectivity index (χ0v) is 11.7. The Balaban J connectivity index is 2.24. The number of carbonyl (C=O) groups is 2. The molecular formula is C16H12F3NO3. The van der Waals surface area contributed by atoms with Crippen molar-refractivity contribution in [3.8, 4) is 11.1 Å². The van der Waals surface area contributed by atoms with Gasteiger partial charge in [-0.25, -0.2) is 4.79 Å². The fraction of sp³-hybridized carbons (Fsp3) is 0.125. The number of alkyl halides is 3. The lowest BCUT2D eigenvalue weighted by molar-refractivity contribution is -0.173. The van der Waals surface area contributed by atoms with Gasteiger partial charge in [0.25, 0.3) is 0 Å². The van der Waals surface area contributed by atoms with Crippen LogP contribution in [0.2, 0.25) is 0 Å². The van der Waals surface area contributed by atoms with Crippen LogP contribution >= 0.6 is 0 Å². The summed E-state index contributed by atoms with van der Waals surface area (Å²) < 4.78 is 36.5. The highest BCUT2D eigenvalue weighted by molar-refractivity contribution is 5.96. The van der Waals surface area contributed by atoms with Crippen LogP contribution in [0.4, 0.5) is 13.2 Å². The van der Waals surface area contributed by atoms with Gasteiger partial charge in [-0.15, -0.1) is 0 Å². The highest BCUT2D eigenvalue weighted by Crippen LogP contribution is 2.24. The Morgan fingerprint density at radius 1 is 1.04 bits per heavy atom. The molecular weight excluding hydrogens is 311 g/mol. The molecule has 0 aliphatic rings. The van der Waals surface area contributed by atoms with Gasteiger partial charge in [0.15, 0.2) is 0 Å². The Morgan fingerprint density at radius 3 is 2.39 bits per heavy atom. The van der Waals surface area contributed by atoms with Crippen LogP contribution in [0, 0.1) is 0 Å². The van der Waals surface area contributed by atoms with E-state index in [9.17, 15) is 27.9 Å². The summed E-state index contributed by atoms with van der Waals surface area (Å²) in [5, 5.41) is 11.0. The molecule has 0 spiro atoms. The lowest BCUT2D eigenvalue weighted by Crippen LogP contribution is -2.36. The highest BCUT2D eigenvalue weighted by atomic mass is 19.4. The van der Waals surface area contributed by atoms with E-state index in [1.807, 2.05) is 0 Å². The first-order valence-electron chi connectivity index (χ1n) is 6.55. The summed E-state index contributed by atoms with van der Waals surface area (Å²) >= 11 is 0. The second-order valence-corrected chi connectivity index (χ2v) is 4.73. The SMILES string of the molecule is O=C(O)c1ccccc1-c1cccc(CNC(=O)C(F)(F)F)c1. The number of carboxylic acids is 1. The van der Waals surface area contributed by atoms with Gasteiger partial charge in [0.1, 0.15) is 0 Å². The van der Waals surface area contributed by atoms with E-state index in [1.165, 1.54) is 6.07 Å². The number of carbonyl (C=O) groups excluding carboxylic acids is 1. The molecule has 23 heavy (non-hydrogen) atoms. The molecule has 0 radical (unpaired) electrons. The molecule has 1 amide bonds. The maximum absolute atomic E-state index is 12.2. The van der Waals surface area contributed by atoms with E-state index < -0.39 is 18.1 Å². The number of hydrogen-bond donors (Lipinski definition) is 2. The lowest BCUT2D eigenvalue weighted by atomic mass is 9.98. The maximum atomic E-state index is 12.2. The predicted molar refractivity (Wildman–Crippen MR) is 76.7 cm³/mol. The topological polar surface area (TPSA) is 66.4 Å². The van der Waals surface area contributed by atoms with E-state index in [1.54, 1.807) is 47.8 Å². The van der Waals surface area contributed by atoms with E-state index in [0.717, 1.165) is 0 Å². The predicted octanol–water partition coefficient (Wildman–Crippen LogP) is 3.23. The van der Waals surface area contributed by atoms with E-state index in [4.69, 9.17) is 0 Å². The standard InChI is InChI=1S/C16H12F3NO3/c17-16(18,19)15(23)20-9-10-4-3-5-11(8-10)12-6-1-2-7-13(12)14(21)22/h1-8H,9H2,(H,20,23)(H,21,22). The number of carboxylic acid groups (broad SMARTS) is 1. The van der Waals surface area contributed by atoms with Crippen LogP contribution in [-0.4, -0.2) is 23.2 Å². The van der Waals surface area contributed by atoms with Crippen LogP contribution in [0.15, 0.2) is 48.5 Å². The number of benzene rings is 2. The Kier molecular flexibility index (Phi) is 4.68. The first-order valence-corrected chi connectivity index (χ1v) is 6.55. The zero-order valence-electron chi connectivity index (χ0n) is 11.7. The zero-order chi connectivity index (χ0) is 17.0. The van der Waals surface area contributed by atoms with Gasteiger partial charge in [-0.05, 0) is 28.8 Å². The molecule has 0 fully saturated rings. The third-order valence-electron chi connectivity index (χ3n) is 3.11. The average Bonchev–Trinajstić information content (AvgIpc) is 2.52. The van der Waals surface area contributed by atoms with Gasteiger partial charge in [0.2, 0.25) is 0 Å². The second-order valence-electron chi connectivity index (χ2n) is 4.73. The van der Waals surface area contributed by atoms with E-state index in [-0.39, 0.29) is 12.1 Å². The summed E-state index contributed by atoms with van der Waals surface area (Å²) in [6, 6.07) is 12.6. The van der Waals surface area contributed by atoms with Crippen LogP contribution in [0.3, 0.4) is 0 Å². The Morgan fingerprint density at radius 2 is 1.74 bits per heavy atom. The minimum Gasteiger partial charge on any atom is -0.478 e. The fourth-order valence-electron chi connectivity index (χ4n) is 2.05. The molecule has 2 rings (SSSR count). The minimum absolute atomic E-state index is 0.0870. The van der Waals surface area contributed by atoms with Gasteiger partial charge in [0, 0.05) is 6.54 Å². The summed E-state index contributed by atoms with van der Waals surface area (Å²) in [5.41, 5.74) is 1.51. The molecule has 0 saturated carbocycles.